The summed E-state index contributed by atoms with van der Waals surface area (Å²) in [5, 5.41) is 0.281. The van der Waals surface area contributed by atoms with Gasteiger partial charge < -0.3 is 4.74 Å². The molecule has 6 heteroatoms. The van der Waals surface area contributed by atoms with Crippen LogP contribution in [0.4, 0.5) is 5.69 Å². The molecule has 0 amide bonds. The van der Waals surface area contributed by atoms with Crippen molar-refractivity contribution < 1.29 is 13.2 Å². The van der Waals surface area contributed by atoms with Crippen molar-refractivity contribution >= 4 is 27.3 Å². The summed E-state index contributed by atoms with van der Waals surface area (Å²) in [6.07, 6.45) is 0.708. The molecule has 0 aliphatic carbocycles. The number of hydrogen-bond acceptors (Lipinski definition) is 3. The van der Waals surface area contributed by atoms with E-state index in [2.05, 4.69) is 0 Å². The summed E-state index contributed by atoms with van der Waals surface area (Å²) in [6, 6.07) is 12.0. The van der Waals surface area contributed by atoms with Gasteiger partial charge in [0, 0.05) is 6.04 Å². The minimum absolute atomic E-state index is 0.122. The fraction of sp³-hybridized carbons (Fsp3) is 0.250. The van der Waals surface area contributed by atoms with Crippen LogP contribution in [0.25, 0.3) is 0 Å². The first-order chi connectivity index (χ1) is 10.4. The number of anilines is 1. The van der Waals surface area contributed by atoms with Gasteiger partial charge in [-0.25, -0.2) is 8.42 Å². The SMILES string of the molecule is COc1ccc(S(=O)(=O)N2c3ccccc3C[C@@H]2C)cc1Cl. The van der Waals surface area contributed by atoms with Crippen LogP contribution in [0.5, 0.6) is 5.75 Å². The number of ether oxygens (including phenoxy) is 1. The average Bonchev–Trinajstić information content (AvgIpc) is 2.83. The van der Waals surface area contributed by atoms with E-state index in [9.17, 15) is 8.42 Å². The highest BCUT2D eigenvalue weighted by molar-refractivity contribution is 7.92. The molecule has 0 spiro atoms. The van der Waals surface area contributed by atoms with Crippen LogP contribution in [0.3, 0.4) is 0 Å². The molecule has 0 saturated carbocycles. The summed E-state index contributed by atoms with van der Waals surface area (Å²) in [5.74, 6) is 0.454. The molecular formula is C16H16ClNO3S. The van der Waals surface area contributed by atoms with Crippen LogP contribution >= 0.6 is 11.6 Å². The Kier molecular flexibility index (Phi) is 3.78. The summed E-state index contributed by atoms with van der Waals surface area (Å²) in [6.45, 7) is 1.91. The first-order valence-corrected chi connectivity index (χ1v) is 8.73. The van der Waals surface area contributed by atoms with Gasteiger partial charge in [-0.05, 0) is 43.2 Å². The predicted octanol–water partition coefficient (Wildman–Crippen LogP) is 3.49. The molecule has 1 heterocycles. The van der Waals surface area contributed by atoms with Gasteiger partial charge in [-0.3, -0.25) is 4.31 Å². The minimum atomic E-state index is -3.66. The molecule has 4 nitrogen and oxygen atoms in total. The Morgan fingerprint density at radius 2 is 1.95 bits per heavy atom. The summed E-state index contributed by atoms with van der Waals surface area (Å²) >= 11 is 6.07. The van der Waals surface area contributed by atoms with E-state index < -0.39 is 10.0 Å². The van der Waals surface area contributed by atoms with Gasteiger partial charge in [0.05, 0.1) is 22.7 Å². The third kappa shape index (κ3) is 2.34. The van der Waals surface area contributed by atoms with E-state index in [0.717, 1.165) is 11.3 Å². The van der Waals surface area contributed by atoms with Crippen LogP contribution in [0.2, 0.25) is 5.02 Å². The molecule has 0 fully saturated rings. The lowest BCUT2D eigenvalue weighted by Crippen LogP contribution is -2.35. The molecule has 1 aliphatic rings. The number of para-hydroxylation sites is 1. The van der Waals surface area contributed by atoms with Gasteiger partial charge in [0.1, 0.15) is 5.75 Å². The smallest absolute Gasteiger partial charge is 0.264 e. The number of benzene rings is 2. The van der Waals surface area contributed by atoms with Gasteiger partial charge in [-0.1, -0.05) is 29.8 Å². The Labute approximate surface area is 135 Å². The third-order valence-corrected chi connectivity index (χ3v) is 6.04. The highest BCUT2D eigenvalue weighted by atomic mass is 35.5. The van der Waals surface area contributed by atoms with E-state index >= 15 is 0 Å². The van der Waals surface area contributed by atoms with Crippen molar-refractivity contribution in [3.8, 4) is 5.75 Å². The molecule has 0 N–H and O–H groups in total. The third-order valence-electron chi connectivity index (χ3n) is 3.82. The number of halogens is 1. The molecule has 1 atom stereocenters. The van der Waals surface area contributed by atoms with Gasteiger partial charge in [-0.15, -0.1) is 0 Å². The first-order valence-electron chi connectivity index (χ1n) is 6.91. The standard InChI is InChI=1S/C16H16ClNO3S/c1-11-9-12-5-3-4-6-15(12)18(11)22(19,20)13-7-8-16(21-2)14(17)10-13/h3-8,10-11H,9H2,1-2H3/t11-/m0/s1. The topological polar surface area (TPSA) is 46.6 Å². The summed E-state index contributed by atoms with van der Waals surface area (Å²) in [5.41, 5.74) is 1.78. The van der Waals surface area contributed by atoms with Crippen LogP contribution in [-0.4, -0.2) is 21.6 Å². The number of sulfonamides is 1. The minimum Gasteiger partial charge on any atom is -0.495 e. The lowest BCUT2D eigenvalue weighted by Gasteiger charge is -2.24. The largest absolute Gasteiger partial charge is 0.495 e. The maximum absolute atomic E-state index is 13.0. The summed E-state index contributed by atoms with van der Waals surface area (Å²) < 4.78 is 32.5. The van der Waals surface area contributed by atoms with E-state index in [1.807, 2.05) is 31.2 Å². The number of fused-ring (bicyclic) bond motifs is 1. The molecule has 2 aromatic rings. The molecule has 22 heavy (non-hydrogen) atoms. The zero-order valence-electron chi connectivity index (χ0n) is 12.3. The normalized spacial score (nSPS) is 17.4. The Hall–Kier alpha value is -1.72. The molecule has 116 valence electrons. The zero-order valence-corrected chi connectivity index (χ0v) is 13.9. The number of rotatable bonds is 3. The molecule has 0 bridgehead atoms. The first kappa shape index (κ1) is 15.2. The Morgan fingerprint density at radius 1 is 1.23 bits per heavy atom. The van der Waals surface area contributed by atoms with Gasteiger partial charge in [0.2, 0.25) is 0 Å². The maximum Gasteiger partial charge on any atom is 0.264 e. The van der Waals surface area contributed by atoms with Crippen molar-refractivity contribution in [1.29, 1.82) is 0 Å². The van der Waals surface area contributed by atoms with Crippen LogP contribution in [0, 0.1) is 0 Å². The zero-order chi connectivity index (χ0) is 15.9. The molecule has 0 radical (unpaired) electrons. The van der Waals surface area contributed by atoms with E-state index in [1.54, 1.807) is 6.07 Å². The van der Waals surface area contributed by atoms with E-state index in [1.165, 1.54) is 23.5 Å². The van der Waals surface area contributed by atoms with Crippen LogP contribution in [0.1, 0.15) is 12.5 Å². The fourth-order valence-corrected chi connectivity index (χ4v) is 4.87. The van der Waals surface area contributed by atoms with Crippen LogP contribution in [0.15, 0.2) is 47.4 Å². The van der Waals surface area contributed by atoms with Gasteiger partial charge in [0.15, 0.2) is 0 Å². The van der Waals surface area contributed by atoms with Gasteiger partial charge >= 0.3 is 0 Å². The average molecular weight is 338 g/mol. The predicted molar refractivity (Wildman–Crippen MR) is 87.3 cm³/mol. The molecule has 1 aliphatic heterocycles. The van der Waals surface area contributed by atoms with Crippen molar-refractivity contribution in [2.75, 3.05) is 11.4 Å². The van der Waals surface area contributed by atoms with Crippen LogP contribution in [-0.2, 0) is 16.4 Å². The van der Waals surface area contributed by atoms with Crippen LogP contribution < -0.4 is 9.04 Å². The molecular weight excluding hydrogens is 322 g/mol. The van der Waals surface area contributed by atoms with E-state index in [4.69, 9.17) is 16.3 Å². The maximum atomic E-state index is 13.0. The highest BCUT2D eigenvalue weighted by Gasteiger charge is 2.36. The Balaban J connectivity index is 2.09. The number of hydrogen-bond donors (Lipinski definition) is 0. The summed E-state index contributed by atoms with van der Waals surface area (Å²) in [7, 11) is -2.16. The van der Waals surface area contributed by atoms with Crippen molar-refractivity contribution in [3.63, 3.8) is 0 Å². The quantitative estimate of drug-likeness (QED) is 0.861. The van der Waals surface area contributed by atoms with Crippen molar-refractivity contribution in [3.05, 3.63) is 53.1 Å². The Bertz CT molecular complexity index is 820. The van der Waals surface area contributed by atoms with Crippen molar-refractivity contribution in [2.45, 2.75) is 24.3 Å². The second-order valence-corrected chi connectivity index (χ2v) is 7.50. The number of nitrogens with zero attached hydrogens (tertiary/aromatic N) is 1. The number of methoxy groups -OCH3 is 1. The second-order valence-electron chi connectivity index (χ2n) is 5.28. The van der Waals surface area contributed by atoms with Crippen molar-refractivity contribution in [1.82, 2.24) is 0 Å². The molecule has 3 rings (SSSR count). The lowest BCUT2D eigenvalue weighted by atomic mass is 10.1. The van der Waals surface area contributed by atoms with E-state index in [0.29, 0.717) is 12.2 Å². The van der Waals surface area contributed by atoms with E-state index in [-0.39, 0.29) is 16.0 Å². The summed E-state index contributed by atoms with van der Waals surface area (Å²) in [4.78, 5) is 0.168. The highest BCUT2D eigenvalue weighted by Crippen LogP contribution is 2.37. The molecule has 0 aromatic heterocycles. The molecule has 0 unspecified atom stereocenters. The van der Waals surface area contributed by atoms with Crippen molar-refractivity contribution in [2.24, 2.45) is 0 Å². The lowest BCUT2D eigenvalue weighted by molar-refractivity contribution is 0.414. The second kappa shape index (κ2) is 5.48. The molecule has 0 saturated heterocycles. The molecule has 2 aromatic carbocycles. The van der Waals surface area contributed by atoms with Gasteiger partial charge in [-0.2, -0.15) is 0 Å². The van der Waals surface area contributed by atoms with Gasteiger partial charge in [0.25, 0.3) is 10.0 Å². The monoisotopic (exact) mass is 337 g/mol. The fourth-order valence-electron chi connectivity index (χ4n) is 2.82. The Morgan fingerprint density at radius 3 is 2.64 bits per heavy atom.